The number of nitrogens with zero attached hydrogens (tertiary/aromatic N) is 3. The van der Waals surface area contributed by atoms with Crippen molar-refractivity contribution in [3.63, 3.8) is 0 Å². The first-order valence-electron chi connectivity index (χ1n) is 9.39. The molecule has 3 unspecified atom stereocenters. The van der Waals surface area contributed by atoms with Gasteiger partial charge in [0.2, 0.25) is 5.91 Å². The standard InChI is InChI=1S/C22H20FN5O/c1-11-4-6-26-9-16(11)15-7-13-8-18(27-10-17(13)21(25)20(15)23)28-22(29)19-12(2)14(19)3-5-24/h4,6-10,12,14,19H,3,25H2,1-2H3,(H,27,28,29). The van der Waals surface area contributed by atoms with Crippen molar-refractivity contribution in [2.45, 2.75) is 20.3 Å². The number of aryl methyl sites for hydroxylation is 1. The van der Waals surface area contributed by atoms with Gasteiger partial charge in [-0.15, -0.1) is 0 Å². The molecule has 0 spiro atoms. The number of amides is 1. The lowest BCUT2D eigenvalue weighted by Gasteiger charge is -2.12. The van der Waals surface area contributed by atoms with E-state index >= 15 is 0 Å². The van der Waals surface area contributed by atoms with Crippen molar-refractivity contribution in [1.82, 2.24) is 9.97 Å². The third kappa shape index (κ3) is 3.27. The average molecular weight is 389 g/mol. The van der Waals surface area contributed by atoms with Crippen LogP contribution in [0.15, 0.2) is 36.8 Å². The molecule has 0 bridgehead atoms. The Hall–Kier alpha value is -3.53. The number of rotatable bonds is 4. The van der Waals surface area contributed by atoms with Gasteiger partial charge in [0.25, 0.3) is 0 Å². The van der Waals surface area contributed by atoms with Crippen molar-refractivity contribution < 1.29 is 9.18 Å². The smallest absolute Gasteiger partial charge is 0.229 e. The number of nitrogen functional groups attached to an aromatic ring is 1. The number of nitriles is 1. The Bertz CT molecular complexity index is 1170. The molecule has 3 aromatic rings. The summed E-state index contributed by atoms with van der Waals surface area (Å²) in [6.07, 6.45) is 5.09. The summed E-state index contributed by atoms with van der Waals surface area (Å²) in [5.41, 5.74) is 7.94. The highest BCUT2D eigenvalue weighted by Crippen LogP contribution is 2.48. The molecule has 4 rings (SSSR count). The second-order valence-electron chi connectivity index (χ2n) is 7.53. The van der Waals surface area contributed by atoms with Gasteiger partial charge in [0.05, 0.1) is 11.8 Å². The summed E-state index contributed by atoms with van der Waals surface area (Å²) in [5, 5.41) is 12.8. The van der Waals surface area contributed by atoms with Crippen LogP contribution >= 0.6 is 0 Å². The van der Waals surface area contributed by atoms with Gasteiger partial charge in [0.15, 0.2) is 5.82 Å². The van der Waals surface area contributed by atoms with Crippen LogP contribution in [0.5, 0.6) is 0 Å². The number of benzene rings is 1. The van der Waals surface area contributed by atoms with Gasteiger partial charge in [-0.05, 0) is 47.9 Å². The van der Waals surface area contributed by atoms with E-state index in [1.54, 1.807) is 24.5 Å². The van der Waals surface area contributed by atoms with Crippen molar-refractivity contribution >= 4 is 28.2 Å². The lowest BCUT2D eigenvalue weighted by Crippen LogP contribution is -2.16. The molecule has 0 saturated heterocycles. The maximum Gasteiger partial charge on any atom is 0.229 e. The van der Waals surface area contributed by atoms with E-state index in [0.717, 1.165) is 5.56 Å². The van der Waals surface area contributed by atoms with Crippen LogP contribution in [0.25, 0.3) is 21.9 Å². The summed E-state index contributed by atoms with van der Waals surface area (Å²) in [4.78, 5) is 20.8. The van der Waals surface area contributed by atoms with Crippen LogP contribution in [-0.2, 0) is 4.79 Å². The molecule has 3 N–H and O–H groups in total. The zero-order valence-corrected chi connectivity index (χ0v) is 16.1. The minimum absolute atomic E-state index is 0.0102. The number of nitrogens with one attached hydrogen (secondary N) is 1. The number of carbonyl (C=O) groups is 1. The van der Waals surface area contributed by atoms with E-state index in [1.165, 1.54) is 6.20 Å². The van der Waals surface area contributed by atoms with Crippen molar-refractivity contribution in [2.24, 2.45) is 17.8 Å². The Kier molecular flexibility index (Phi) is 4.63. The minimum atomic E-state index is -0.515. The maximum absolute atomic E-state index is 14.9. The molecule has 1 fully saturated rings. The first kappa shape index (κ1) is 18.8. The zero-order chi connectivity index (χ0) is 20.7. The molecule has 2 aromatic heterocycles. The number of nitrogens with two attached hydrogens (primary N) is 1. The van der Waals surface area contributed by atoms with E-state index in [-0.39, 0.29) is 29.3 Å². The molecular formula is C22H20FN5O. The Balaban J connectivity index is 1.69. The highest BCUT2D eigenvalue weighted by molar-refractivity contribution is 6.00. The molecule has 0 aliphatic heterocycles. The van der Waals surface area contributed by atoms with E-state index in [9.17, 15) is 9.18 Å². The number of aromatic nitrogens is 2. The summed E-state index contributed by atoms with van der Waals surface area (Å²) in [6.45, 7) is 3.84. The predicted molar refractivity (Wildman–Crippen MR) is 109 cm³/mol. The van der Waals surface area contributed by atoms with Gasteiger partial charge < -0.3 is 11.1 Å². The molecule has 3 atom stereocenters. The molecule has 1 amide bonds. The van der Waals surface area contributed by atoms with E-state index in [1.807, 2.05) is 19.9 Å². The molecule has 2 heterocycles. The van der Waals surface area contributed by atoms with Gasteiger partial charge in [-0.3, -0.25) is 9.78 Å². The van der Waals surface area contributed by atoms with Gasteiger partial charge in [0.1, 0.15) is 5.82 Å². The number of hydrogen-bond acceptors (Lipinski definition) is 5. The van der Waals surface area contributed by atoms with E-state index in [4.69, 9.17) is 11.0 Å². The highest BCUT2D eigenvalue weighted by Gasteiger charge is 2.51. The monoisotopic (exact) mass is 389 g/mol. The summed E-state index contributed by atoms with van der Waals surface area (Å²) in [6, 6.07) is 7.31. The van der Waals surface area contributed by atoms with Crippen molar-refractivity contribution in [3.05, 3.63) is 48.2 Å². The largest absolute Gasteiger partial charge is 0.396 e. The summed E-state index contributed by atoms with van der Waals surface area (Å²) >= 11 is 0. The minimum Gasteiger partial charge on any atom is -0.396 e. The van der Waals surface area contributed by atoms with Crippen molar-refractivity contribution in [2.75, 3.05) is 11.1 Å². The number of hydrogen-bond donors (Lipinski definition) is 2. The quantitative estimate of drug-likeness (QED) is 0.655. The summed E-state index contributed by atoms with van der Waals surface area (Å²) in [7, 11) is 0. The van der Waals surface area contributed by atoms with Crippen LogP contribution in [0, 0.1) is 41.8 Å². The molecule has 29 heavy (non-hydrogen) atoms. The Morgan fingerprint density at radius 1 is 1.34 bits per heavy atom. The van der Waals surface area contributed by atoms with Gasteiger partial charge >= 0.3 is 0 Å². The summed E-state index contributed by atoms with van der Waals surface area (Å²) < 4.78 is 14.9. The van der Waals surface area contributed by atoms with Crippen molar-refractivity contribution in [1.29, 1.82) is 5.26 Å². The molecule has 6 nitrogen and oxygen atoms in total. The lowest BCUT2D eigenvalue weighted by atomic mass is 9.98. The Morgan fingerprint density at radius 2 is 2.14 bits per heavy atom. The SMILES string of the molecule is Cc1ccncc1-c1cc2cc(NC(=O)C3C(C)C3CC#N)ncc2c(N)c1F. The van der Waals surface area contributed by atoms with Gasteiger partial charge in [-0.25, -0.2) is 9.37 Å². The topological polar surface area (TPSA) is 105 Å². The lowest BCUT2D eigenvalue weighted by molar-refractivity contribution is -0.117. The predicted octanol–water partition coefficient (Wildman–Crippen LogP) is 4.06. The van der Waals surface area contributed by atoms with E-state index < -0.39 is 5.82 Å². The van der Waals surface area contributed by atoms with Crippen LogP contribution in [-0.4, -0.2) is 15.9 Å². The molecular weight excluding hydrogens is 369 g/mol. The van der Waals surface area contributed by atoms with Crippen LogP contribution in [0.3, 0.4) is 0 Å². The van der Waals surface area contributed by atoms with Crippen LogP contribution < -0.4 is 11.1 Å². The van der Waals surface area contributed by atoms with E-state index in [0.29, 0.717) is 34.1 Å². The van der Waals surface area contributed by atoms with Gasteiger partial charge in [0, 0.05) is 47.4 Å². The number of pyridine rings is 2. The molecule has 1 aliphatic carbocycles. The molecule has 1 aromatic carbocycles. The fourth-order valence-electron chi connectivity index (χ4n) is 3.91. The van der Waals surface area contributed by atoms with Crippen LogP contribution in [0.1, 0.15) is 18.9 Å². The second-order valence-corrected chi connectivity index (χ2v) is 7.53. The Labute approximate surface area is 167 Å². The second kappa shape index (κ2) is 7.13. The normalized spacial score (nSPS) is 20.3. The molecule has 1 aliphatic rings. The number of anilines is 2. The molecule has 0 radical (unpaired) electrons. The fourth-order valence-corrected chi connectivity index (χ4v) is 3.91. The number of fused-ring (bicyclic) bond motifs is 1. The number of halogens is 1. The Morgan fingerprint density at radius 3 is 2.86 bits per heavy atom. The fraction of sp³-hybridized carbons (Fsp3) is 0.273. The third-order valence-electron chi connectivity index (χ3n) is 5.77. The third-order valence-corrected chi connectivity index (χ3v) is 5.77. The van der Waals surface area contributed by atoms with E-state index in [2.05, 4.69) is 21.4 Å². The van der Waals surface area contributed by atoms with Crippen molar-refractivity contribution in [3.8, 4) is 17.2 Å². The van der Waals surface area contributed by atoms with Crippen LogP contribution in [0.4, 0.5) is 15.9 Å². The first-order valence-corrected chi connectivity index (χ1v) is 9.39. The van der Waals surface area contributed by atoms with Gasteiger partial charge in [-0.2, -0.15) is 5.26 Å². The molecule has 7 heteroatoms. The number of carbonyl (C=O) groups excluding carboxylic acids is 1. The maximum atomic E-state index is 14.9. The average Bonchev–Trinajstić information content (AvgIpc) is 3.34. The molecule has 146 valence electrons. The van der Waals surface area contributed by atoms with Gasteiger partial charge in [-0.1, -0.05) is 6.92 Å². The zero-order valence-electron chi connectivity index (χ0n) is 16.1. The molecule has 1 saturated carbocycles. The first-order chi connectivity index (χ1) is 13.9. The van der Waals surface area contributed by atoms with Crippen LogP contribution in [0.2, 0.25) is 0 Å². The highest BCUT2D eigenvalue weighted by atomic mass is 19.1. The summed E-state index contributed by atoms with van der Waals surface area (Å²) in [5.74, 6) is -0.206.